The predicted molar refractivity (Wildman–Crippen MR) is 154 cm³/mol. The SMILES string of the molecule is CC1(C)CC=C(c2ccc(COc3ccccc3)cc2)c2ccc(C(O)C#Cc3ccc(C(=O)O)cc3)cc21. The number of ether oxygens (including phenoxy) is 1. The number of carbonyl (C=O) groups is 1. The molecule has 39 heavy (non-hydrogen) atoms. The van der Waals surface area contributed by atoms with Gasteiger partial charge in [0.25, 0.3) is 0 Å². The van der Waals surface area contributed by atoms with Crippen molar-refractivity contribution in [2.45, 2.75) is 38.4 Å². The van der Waals surface area contributed by atoms with Gasteiger partial charge in [0.2, 0.25) is 0 Å². The number of aliphatic hydroxyl groups excluding tert-OH is 1. The zero-order valence-electron chi connectivity index (χ0n) is 22.0. The van der Waals surface area contributed by atoms with Crippen LogP contribution in [0.1, 0.15) is 70.1 Å². The maximum absolute atomic E-state index is 11.1. The first-order valence-corrected chi connectivity index (χ1v) is 13.0. The van der Waals surface area contributed by atoms with Crippen LogP contribution in [0.25, 0.3) is 5.57 Å². The third-order valence-corrected chi connectivity index (χ3v) is 7.09. The molecule has 0 bridgehead atoms. The Hall–Kier alpha value is -4.59. The van der Waals surface area contributed by atoms with Crippen LogP contribution >= 0.6 is 0 Å². The monoisotopic (exact) mass is 514 g/mol. The number of para-hydroxylation sites is 1. The Labute approximate surface area is 229 Å². The van der Waals surface area contributed by atoms with Crippen molar-refractivity contribution in [3.63, 3.8) is 0 Å². The molecule has 5 rings (SSSR count). The molecule has 4 nitrogen and oxygen atoms in total. The maximum Gasteiger partial charge on any atom is 0.335 e. The molecule has 1 unspecified atom stereocenters. The number of hydrogen-bond acceptors (Lipinski definition) is 3. The Bertz CT molecular complexity index is 1570. The second-order valence-electron chi connectivity index (χ2n) is 10.4. The molecule has 4 heteroatoms. The molecule has 2 N–H and O–H groups in total. The van der Waals surface area contributed by atoms with Gasteiger partial charge in [-0.15, -0.1) is 0 Å². The molecule has 194 valence electrons. The first-order chi connectivity index (χ1) is 18.8. The van der Waals surface area contributed by atoms with E-state index in [1.54, 1.807) is 12.1 Å². The highest BCUT2D eigenvalue weighted by atomic mass is 16.5. The van der Waals surface area contributed by atoms with E-state index in [0.717, 1.165) is 34.4 Å². The van der Waals surface area contributed by atoms with Crippen molar-refractivity contribution in [3.05, 3.63) is 142 Å². The molecule has 0 heterocycles. The van der Waals surface area contributed by atoms with Gasteiger partial charge in [-0.25, -0.2) is 4.79 Å². The van der Waals surface area contributed by atoms with Gasteiger partial charge in [0.05, 0.1) is 5.56 Å². The Morgan fingerprint density at radius 2 is 1.67 bits per heavy atom. The second kappa shape index (κ2) is 11.0. The summed E-state index contributed by atoms with van der Waals surface area (Å²) in [5, 5.41) is 19.9. The molecule has 1 aliphatic carbocycles. The normalized spacial score (nSPS) is 14.3. The van der Waals surface area contributed by atoms with Crippen molar-refractivity contribution < 1.29 is 19.7 Å². The molecule has 0 radical (unpaired) electrons. The molecular formula is C35H30O4. The van der Waals surface area contributed by atoms with Crippen LogP contribution in [-0.2, 0) is 12.0 Å². The molecule has 0 aromatic heterocycles. The molecule has 4 aromatic rings. The van der Waals surface area contributed by atoms with Crippen LogP contribution in [0.3, 0.4) is 0 Å². The lowest BCUT2D eigenvalue weighted by Crippen LogP contribution is -2.22. The summed E-state index contributed by atoms with van der Waals surface area (Å²) < 4.78 is 5.89. The summed E-state index contributed by atoms with van der Waals surface area (Å²) in [5.41, 5.74) is 7.29. The summed E-state index contributed by atoms with van der Waals surface area (Å²) in [6, 6.07) is 30.7. The minimum absolute atomic E-state index is 0.0852. The van der Waals surface area contributed by atoms with Gasteiger partial charge in [-0.05, 0) is 81.6 Å². The molecule has 0 saturated heterocycles. The van der Waals surface area contributed by atoms with Crippen LogP contribution in [0.5, 0.6) is 5.75 Å². The third kappa shape index (κ3) is 5.95. The third-order valence-electron chi connectivity index (χ3n) is 7.09. The number of allylic oxidation sites excluding steroid dienone is 1. The van der Waals surface area contributed by atoms with Crippen LogP contribution in [-0.4, -0.2) is 16.2 Å². The summed E-state index contributed by atoms with van der Waals surface area (Å²) in [4.78, 5) is 11.1. The number of rotatable bonds is 6. The van der Waals surface area contributed by atoms with Gasteiger partial charge in [0, 0.05) is 5.56 Å². The standard InChI is InChI=1S/C35H30O4/c1-35(2)21-20-30(26-13-10-25(11-14-26)23-39-29-6-4-3-5-7-29)31-18-17-28(22-32(31)35)33(36)19-12-24-8-15-27(16-9-24)34(37)38/h3-11,13-18,20,22,33,36H,21,23H2,1-2H3,(H,37,38). The minimum atomic E-state index is -0.979. The first kappa shape index (κ1) is 26.0. The van der Waals surface area contributed by atoms with Crippen LogP contribution in [0, 0.1) is 11.8 Å². The topological polar surface area (TPSA) is 66.8 Å². The second-order valence-corrected chi connectivity index (χ2v) is 10.4. The molecular weight excluding hydrogens is 484 g/mol. The van der Waals surface area contributed by atoms with E-state index in [9.17, 15) is 9.90 Å². The molecule has 0 saturated carbocycles. The van der Waals surface area contributed by atoms with Crippen molar-refractivity contribution in [2.75, 3.05) is 0 Å². The summed E-state index contributed by atoms with van der Waals surface area (Å²) in [5.74, 6) is 5.73. The van der Waals surface area contributed by atoms with Gasteiger partial charge in [0.1, 0.15) is 18.5 Å². The Kier molecular flexibility index (Phi) is 7.36. The fraction of sp³-hybridized carbons (Fsp3) is 0.171. The number of aromatic carboxylic acids is 1. The molecule has 0 spiro atoms. The molecule has 4 aromatic carbocycles. The van der Waals surface area contributed by atoms with Crippen LogP contribution in [0.2, 0.25) is 0 Å². The summed E-state index contributed by atoms with van der Waals surface area (Å²) >= 11 is 0. The summed E-state index contributed by atoms with van der Waals surface area (Å²) in [6.07, 6.45) is 2.23. The fourth-order valence-electron chi connectivity index (χ4n) is 4.77. The van der Waals surface area contributed by atoms with Crippen molar-refractivity contribution in [2.24, 2.45) is 0 Å². The Morgan fingerprint density at radius 3 is 2.36 bits per heavy atom. The highest BCUT2D eigenvalue weighted by Gasteiger charge is 2.29. The molecule has 0 fully saturated rings. The van der Waals surface area contributed by atoms with E-state index in [1.807, 2.05) is 36.4 Å². The molecule has 1 atom stereocenters. The fourth-order valence-corrected chi connectivity index (χ4v) is 4.77. The molecule has 1 aliphatic rings. The van der Waals surface area contributed by atoms with E-state index in [0.29, 0.717) is 12.2 Å². The quantitative estimate of drug-likeness (QED) is 0.268. The van der Waals surface area contributed by atoms with Gasteiger partial charge in [-0.2, -0.15) is 0 Å². The van der Waals surface area contributed by atoms with Crippen molar-refractivity contribution in [1.82, 2.24) is 0 Å². The zero-order chi connectivity index (χ0) is 27.4. The minimum Gasteiger partial charge on any atom is -0.489 e. The highest BCUT2D eigenvalue weighted by molar-refractivity contribution is 5.87. The van der Waals surface area contributed by atoms with Crippen LogP contribution < -0.4 is 4.74 Å². The summed E-state index contributed by atoms with van der Waals surface area (Å²) in [7, 11) is 0. The predicted octanol–water partition coefficient (Wildman–Crippen LogP) is 7.16. The van der Waals surface area contributed by atoms with E-state index >= 15 is 0 Å². The number of carboxylic acids is 1. The van der Waals surface area contributed by atoms with E-state index in [-0.39, 0.29) is 11.0 Å². The lowest BCUT2D eigenvalue weighted by Gasteiger charge is -2.33. The lowest BCUT2D eigenvalue weighted by molar-refractivity contribution is 0.0697. The van der Waals surface area contributed by atoms with Gasteiger partial charge in [-0.3, -0.25) is 0 Å². The van der Waals surface area contributed by atoms with Gasteiger partial charge < -0.3 is 14.9 Å². The Morgan fingerprint density at radius 1 is 0.949 bits per heavy atom. The number of aliphatic hydroxyl groups is 1. The number of hydrogen-bond donors (Lipinski definition) is 2. The average molecular weight is 515 g/mol. The lowest BCUT2D eigenvalue weighted by atomic mass is 9.71. The van der Waals surface area contributed by atoms with Crippen molar-refractivity contribution in [1.29, 1.82) is 0 Å². The molecule has 0 amide bonds. The smallest absolute Gasteiger partial charge is 0.335 e. The number of benzene rings is 4. The van der Waals surface area contributed by atoms with Crippen LogP contribution in [0.4, 0.5) is 0 Å². The van der Waals surface area contributed by atoms with E-state index in [2.05, 4.69) is 68.2 Å². The first-order valence-electron chi connectivity index (χ1n) is 13.0. The highest BCUT2D eigenvalue weighted by Crippen LogP contribution is 2.42. The van der Waals surface area contributed by atoms with Crippen molar-refractivity contribution >= 4 is 11.5 Å². The van der Waals surface area contributed by atoms with Crippen molar-refractivity contribution in [3.8, 4) is 17.6 Å². The van der Waals surface area contributed by atoms with E-state index < -0.39 is 12.1 Å². The average Bonchev–Trinajstić information content (AvgIpc) is 2.96. The number of fused-ring (bicyclic) bond motifs is 1. The number of carboxylic acid groups (broad SMARTS) is 1. The van der Waals surface area contributed by atoms with Gasteiger partial charge >= 0.3 is 5.97 Å². The van der Waals surface area contributed by atoms with Crippen LogP contribution in [0.15, 0.2) is 103 Å². The maximum atomic E-state index is 11.1. The van der Waals surface area contributed by atoms with Gasteiger partial charge in [0.15, 0.2) is 0 Å². The zero-order valence-corrected chi connectivity index (χ0v) is 22.0. The summed E-state index contributed by atoms with van der Waals surface area (Å²) in [6.45, 7) is 4.95. The van der Waals surface area contributed by atoms with E-state index in [4.69, 9.17) is 9.84 Å². The largest absolute Gasteiger partial charge is 0.489 e. The Balaban J connectivity index is 1.35. The molecule has 0 aliphatic heterocycles. The van der Waals surface area contributed by atoms with Gasteiger partial charge in [-0.1, -0.05) is 92.4 Å². The van der Waals surface area contributed by atoms with E-state index in [1.165, 1.54) is 23.3 Å².